The molecule has 3 aliphatic heterocycles. The van der Waals surface area contributed by atoms with E-state index in [1.54, 1.807) is 4.90 Å². The van der Waals surface area contributed by atoms with E-state index in [2.05, 4.69) is 6.08 Å². The predicted molar refractivity (Wildman–Crippen MR) is 116 cm³/mol. The van der Waals surface area contributed by atoms with Gasteiger partial charge in [-0.2, -0.15) is 0 Å². The number of hydrogen-bond acceptors (Lipinski definition) is 5. The number of hydrogen-bond donors (Lipinski definition) is 0. The average molecular weight is 413 g/mol. The highest BCUT2D eigenvalue weighted by molar-refractivity contribution is 6.69. The Balaban J connectivity index is 1.65. The van der Waals surface area contributed by atoms with Crippen LogP contribution in [-0.2, 0) is 14.0 Å². The zero-order valence-corrected chi connectivity index (χ0v) is 19.1. The number of carbonyl (C=O) groups is 1. The van der Waals surface area contributed by atoms with Gasteiger partial charge in [-0.3, -0.25) is 0 Å². The maximum Gasteiger partial charge on any atom is 0.495 e. The number of carbonyl (C=O) groups excluding carboxylic acids is 1. The van der Waals surface area contributed by atoms with Gasteiger partial charge in [0.25, 0.3) is 0 Å². The topological polar surface area (TPSA) is 57.2 Å². The van der Waals surface area contributed by atoms with Gasteiger partial charge in [0, 0.05) is 18.5 Å². The molecule has 162 valence electrons. The first-order chi connectivity index (χ1) is 13.8. The molecule has 2 saturated heterocycles. The second kappa shape index (κ2) is 6.76. The van der Waals surface area contributed by atoms with Gasteiger partial charge in [0.15, 0.2) is 0 Å². The van der Waals surface area contributed by atoms with E-state index < -0.39 is 29.5 Å². The summed E-state index contributed by atoms with van der Waals surface area (Å²) in [7, 11) is -0.493. The molecular weight excluding hydrogens is 381 g/mol. The average Bonchev–Trinajstić information content (AvgIpc) is 3.11. The number of benzene rings is 1. The molecule has 1 atom stereocenters. The zero-order valence-electron chi connectivity index (χ0n) is 19.1. The van der Waals surface area contributed by atoms with Gasteiger partial charge >= 0.3 is 13.2 Å². The van der Waals surface area contributed by atoms with Crippen molar-refractivity contribution in [2.45, 2.75) is 77.3 Å². The molecule has 0 N–H and O–H groups in total. The molecule has 1 aromatic carbocycles. The van der Waals surface area contributed by atoms with Gasteiger partial charge in [0.2, 0.25) is 0 Å². The maximum atomic E-state index is 12.6. The van der Waals surface area contributed by atoms with Crippen LogP contribution in [0.4, 0.5) is 4.79 Å². The quantitative estimate of drug-likeness (QED) is 0.636. The Bertz CT molecular complexity index is 872. The van der Waals surface area contributed by atoms with E-state index in [-0.39, 0.29) is 6.09 Å². The van der Waals surface area contributed by atoms with Crippen LogP contribution in [-0.4, -0.2) is 53.6 Å². The molecule has 0 bridgehead atoms. The number of likely N-dealkylation sites (tertiary alicyclic amines) is 1. The summed E-state index contributed by atoms with van der Waals surface area (Å²) >= 11 is 0. The van der Waals surface area contributed by atoms with Gasteiger partial charge in [-0.15, -0.1) is 0 Å². The van der Waals surface area contributed by atoms with E-state index in [9.17, 15) is 4.79 Å². The molecule has 3 heterocycles. The van der Waals surface area contributed by atoms with Crippen LogP contribution in [0.3, 0.4) is 0 Å². The standard InChI is InChI=1S/C23H32BNO5/c1-20(2,3)28-19(26)25-13-12-23(15-25)14-17(16-10-8-9-11-18(16)27-23)24-29-21(4,5)22(6,7)30-24/h8-11,14H,12-13,15H2,1-7H3. The minimum atomic E-state index is -0.621. The van der Waals surface area contributed by atoms with Crippen LogP contribution in [0.25, 0.3) is 5.47 Å². The minimum absolute atomic E-state index is 0.313. The van der Waals surface area contributed by atoms with E-state index in [0.29, 0.717) is 19.5 Å². The van der Waals surface area contributed by atoms with E-state index in [1.165, 1.54) is 0 Å². The van der Waals surface area contributed by atoms with Crippen LogP contribution in [0.2, 0.25) is 0 Å². The lowest BCUT2D eigenvalue weighted by Gasteiger charge is -2.34. The summed E-state index contributed by atoms with van der Waals surface area (Å²) in [4.78, 5) is 14.3. The van der Waals surface area contributed by atoms with Crippen molar-refractivity contribution in [1.82, 2.24) is 4.90 Å². The fourth-order valence-electron chi connectivity index (χ4n) is 4.06. The highest BCUT2D eigenvalue weighted by Gasteiger charge is 2.55. The van der Waals surface area contributed by atoms with Crippen molar-refractivity contribution < 1.29 is 23.6 Å². The second-order valence-corrected chi connectivity index (χ2v) is 10.5. The second-order valence-electron chi connectivity index (χ2n) is 10.5. The molecule has 6 nitrogen and oxygen atoms in total. The Morgan fingerprint density at radius 2 is 1.73 bits per heavy atom. The van der Waals surface area contributed by atoms with Crippen molar-refractivity contribution in [2.75, 3.05) is 13.1 Å². The molecule has 1 amide bonds. The number of para-hydroxylation sites is 1. The van der Waals surface area contributed by atoms with Crippen LogP contribution in [0.15, 0.2) is 30.3 Å². The number of rotatable bonds is 1. The molecule has 1 unspecified atom stereocenters. The Morgan fingerprint density at radius 3 is 2.37 bits per heavy atom. The summed E-state index contributed by atoms with van der Waals surface area (Å²) in [6.45, 7) is 14.8. The Morgan fingerprint density at radius 1 is 1.10 bits per heavy atom. The Kier molecular flexibility index (Phi) is 4.79. The van der Waals surface area contributed by atoms with Crippen molar-refractivity contribution >= 4 is 18.7 Å². The molecule has 0 saturated carbocycles. The highest BCUT2D eigenvalue weighted by atomic mass is 16.7. The third-order valence-corrected chi connectivity index (χ3v) is 6.35. The molecule has 0 radical (unpaired) electrons. The predicted octanol–water partition coefficient (Wildman–Crippen LogP) is 4.47. The summed E-state index contributed by atoms with van der Waals surface area (Å²) in [5.41, 5.74) is -0.0893. The molecule has 0 aliphatic carbocycles. The third-order valence-electron chi connectivity index (χ3n) is 6.35. The third kappa shape index (κ3) is 3.74. The monoisotopic (exact) mass is 413 g/mol. The van der Waals surface area contributed by atoms with Crippen molar-refractivity contribution in [3.63, 3.8) is 0 Å². The van der Waals surface area contributed by atoms with E-state index in [4.69, 9.17) is 18.8 Å². The van der Waals surface area contributed by atoms with Crippen LogP contribution in [0.1, 0.15) is 60.5 Å². The lowest BCUT2D eigenvalue weighted by molar-refractivity contribution is 0.00578. The van der Waals surface area contributed by atoms with E-state index in [1.807, 2.05) is 72.7 Å². The van der Waals surface area contributed by atoms with Crippen molar-refractivity contribution in [3.05, 3.63) is 35.9 Å². The summed E-state index contributed by atoms with van der Waals surface area (Å²) in [5, 5.41) is 0. The molecular formula is C23H32BNO5. The normalized spacial score (nSPS) is 27.0. The van der Waals surface area contributed by atoms with Crippen molar-refractivity contribution in [1.29, 1.82) is 0 Å². The number of ether oxygens (including phenoxy) is 2. The Labute approximate surface area is 179 Å². The zero-order chi connectivity index (χ0) is 21.9. The number of nitrogens with zero attached hydrogens (tertiary/aromatic N) is 1. The number of fused-ring (bicyclic) bond motifs is 1. The summed E-state index contributed by atoms with van der Waals surface area (Å²) in [5.74, 6) is 0.788. The minimum Gasteiger partial charge on any atom is -0.481 e. The first-order valence-corrected chi connectivity index (χ1v) is 10.7. The fourth-order valence-corrected chi connectivity index (χ4v) is 4.06. The van der Waals surface area contributed by atoms with Crippen molar-refractivity contribution in [2.24, 2.45) is 0 Å². The molecule has 2 fully saturated rings. The summed E-state index contributed by atoms with van der Waals surface area (Å²) in [6.07, 6.45) is 2.47. The molecule has 7 heteroatoms. The van der Waals surface area contributed by atoms with Crippen LogP contribution < -0.4 is 4.74 Å². The molecule has 1 spiro atoms. The lowest BCUT2D eigenvalue weighted by Crippen LogP contribution is -2.43. The van der Waals surface area contributed by atoms with Gasteiger partial charge in [-0.05, 0) is 66.1 Å². The molecule has 1 aromatic rings. The van der Waals surface area contributed by atoms with Crippen LogP contribution in [0.5, 0.6) is 5.75 Å². The lowest BCUT2D eigenvalue weighted by atomic mass is 9.70. The molecule has 4 rings (SSSR count). The van der Waals surface area contributed by atoms with Crippen molar-refractivity contribution in [3.8, 4) is 5.75 Å². The highest BCUT2D eigenvalue weighted by Crippen LogP contribution is 2.46. The Hall–Kier alpha value is -1.99. The maximum absolute atomic E-state index is 12.6. The first kappa shape index (κ1) is 21.3. The van der Waals surface area contributed by atoms with E-state index in [0.717, 1.165) is 16.8 Å². The molecule has 3 aliphatic rings. The SMILES string of the molecule is CC(C)(C)OC(=O)N1CCC2(C=C(B3OC(C)(C)C(C)(C)O3)c3ccccc3O2)C1. The largest absolute Gasteiger partial charge is 0.495 e. The van der Waals surface area contributed by atoms with Gasteiger partial charge in [-0.1, -0.05) is 18.2 Å². The van der Waals surface area contributed by atoms with Gasteiger partial charge in [0.1, 0.15) is 17.0 Å². The van der Waals surface area contributed by atoms with Gasteiger partial charge in [-0.25, -0.2) is 4.79 Å². The fraction of sp³-hybridized carbons (Fsp3) is 0.609. The summed E-state index contributed by atoms with van der Waals surface area (Å²) in [6, 6.07) is 7.94. The smallest absolute Gasteiger partial charge is 0.481 e. The van der Waals surface area contributed by atoms with Crippen LogP contribution in [0, 0.1) is 0 Å². The molecule has 0 aromatic heterocycles. The van der Waals surface area contributed by atoms with E-state index >= 15 is 0 Å². The number of amides is 1. The summed E-state index contributed by atoms with van der Waals surface area (Å²) < 4.78 is 24.7. The van der Waals surface area contributed by atoms with Gasteiger partial charge in [0.05, 0.1) is 17.7 Å². The van der Waals surface area contributed by atoms with Gasteiger partial charge < -0.3 is 23.7 Å². The van der Waals surface area contributed by atoms with Crippen LogP contribution >= 0.6 is 0 Å². The first-order valence-electron chi connectivity index (χ1n) is 10.7. The molecule has 30 heavy (non-hydrogen) atoms.